The van der Waals surface area contributed by atoms with E-state index in [0.717, 1.165) is 22.8 Å². The van der Waals surface area contributed by atoms with E-state index in [1.807, 2.05) is 67.2 Å². The van der Waals surface area contributed by atoms with E-state index in [9.17, 15) is 0 Å². The Bertz CT molecular complexity index is 1090. The predicted octanol–water partition coefficient (Wildman–Crippen LogP) is 3.62. The van der Waals surface area contributed by atoms with Crippen LogP contribution in [-0.2, 0) is 7.05 Å². The van der Waals surface area contributed by atoms with E-state index < -0.39 is 0 Å². The number of hydrogen-bond donors (Lipinski definition) is 0. The van der Waals surface area contributed by atoms with Crippen molar-refractivity contribution in [3.8, 4) is 17.0 Å². The summed E-state index contributed by atoms with van der Waals surface area (Å²) < 4.78 is 9.14. The lowest BCUT2D eigenvalue weighted by molar-refractivity contribution is 0.416. The molecule has 0 radical (unpaired) electrons. The molecule has 0 spiro atoms. The van der Waals surface area contributed by atoms with Crippen LogP contribution in [0, 0.1) is 6.92 Å². The number of pyridine rings is 1. The van der Waals surface area contributed by atoms with Crippen molar-refractivity contribution in [2.75, 3.05) is 7.11 Å². The summed E-state index contributed by atoms with van der Waals surface area (Å²) >= 11 is 0. The quantitative estimate of drug-likeness (QED) is 0.567. The number of benzene rings is 1. The number of ether oxygens (including phenoxy) is 1. The van der Waals surface area contributed by atoms with Crippen LogP contribution >= 0.6 is 0 Å². The molecule has 0 amide bonds. The van der Waals surface area contributed by atoms with Crippen LogP contribution in [0.15, 0.2) is 48.7 Å². The minimum atomic E-state index is 0.613. The first-order valence-corrected chi connectivity index (χ1v) is 8.33. The Morgan fingerprint density at radius 2 is 1.81 bits per heavy atom. The van der Waals surface area contributed by atoms with Gasteiger partial charge in [0, 0.05) is 24.5 Å². The van der Waals surface area contributed by atoms with E-state index in [2.05, 4.69) is 27.2 Å². The number of aryl methyl sites for hydroxylation is 2. The van der Waals surface area contributed by atoms with Crippen LogP contribution in [0.4, 0.5) is 0 Å². The van der Waals surface area contributed by atoms with Crippen molar-refractivity contribution in [1.29, 1.82) is 0 Å². The molecular formula is C20H19N5O. The smallest absolute Gasteiger partial charge is 0.198 e. The van der Waals surface area contributed by atoms with Crippen molar-refractivity contribution in [3.63, 3.8) is 0 Å². The number of nitrogens with zero attached hydrogens (tertiary/aromatic N) is 5. The summed E-state index contributed by atoms with van der Waals surface area (Å²) in [7, 11) is 3.61. The van der Waals surface area contributed by atoms with Crippen LogP contribution in [0.3, 0.4) is 0 Å². The number of aromatic nitrogens is 5. The van der Waals surface area contributed by atoms with Gasteiger partial charge in [-0.1, -0.05) is 30.3 Å². The molecule has 0 saturated carbocycles. The van der Waals surface area contributed by atoms with Crippen molar-refractivity contribution in [1.82, 2.24) is 24.1 Å². The Kier molecular flexibility index (Phi) is 4.01. The highest BCUT2D eigenvalue weighted by Crippen LogP contribution is 2.21. The van der Waals surface area contributed by atoms with Crippen LogP contribution < -0.4 is 4.74 Å². The first-order valence-electron chi connectivity index (χ1n) is 8.33. The third-order valence-electron chi connectivity index (χ3n) is 4.24. The normalized spacial score (nSPS) is 11.5. The molecule has 0 atom stereocenters. The molecule has 0 bridgehead atoms. The molecule has 0 saturated heterocycles. The fourth-order valence-electron chi connectivity index (χ4n) is 2.84. The Hall–Kier alpha value is -3.41. The van der Waals surface area contributed by atoms with Gasteiger partial charge in [0.15, 0.2) is 17.2 Å². The largest absolute Gasteiger partial charge is 0.493 e. The van der Waals surface area contributed by atoms with Crippen LogP contribution in [0.5, 0.6) is 5.75 Å². The molecule has 4 rings (SSSR count). The van der Waals surface area contributed by atoms with E-state index in [4.69, 9.17) is 4.74 Å². The Balaban J connectivity index is 1.68. The molecule has 0 fully saturated rings. The fraction of sp³-hybridized carbons (Fsp3) is 0.150. The maximum atomic E-state index is 5.37. The third-order valence-corrected chi connectivity index (χ3v) is 4.24. The summed E-state index contributed by atoms with van der Waals surface area (Å²) in [4.78, 5) is 9.25. The molecule has 1 aromatic carbocycles. The molecule has 0 unspecified atom stereocenters. The topological polar surface area (TPSA) is 57.2 Å². The van der Waals surface area contributed by atoms with Gasteiger partial charge in [0.25, 0.3) is 0 Å². The maximum Gasteiger partial charge on any atom is 0.198 e. The molecule has 0 aliphatic heterocycles. The summed E-state index contributed by atoms with van der Waals surface area (Å²) in [5.74, 6) is 2.15. The number of rotatable bonds is 4. The molecule has 0 N–H and O–H groups in total. The van der Waals surface area contributed by atoms with Crippen molar-refractivity contribution in [2.45, 2.75) is 6.92 Å². The van der Waals surface area contributed by atoms with Crippen molar-refractivity contribution in [2.24, 2.45) is 7.05 Å². The number of imidazole rings is 1. The Morgan fingerprint density at radius 1 is 1.00 bits per heavy atom. The highest BCUT2D eigenvalue weighted by atomic mass is 16.5. The zero-order chi connectivity index (χ0) is 18.1. The SMILES string of the molecule is COc1ccc(C)n2nc(/C=C/c3nc(-c4ccccc4)cn3C)nc12. The highest BCUT2D eigenvalue weighted by molar-refractivity contribution is 5.68. The maximum absolute atomic E-state index is 5.37. The monoisotopic (exact) mass is 345 g/mol. The lowest BCUT2D eigenvalue weighted by atomic mass is 10.2. The van der Waals surface area contributed by atoms with Gasteiger partial charge >= 0.3 is 0 Å². The van der Waals surface area contributed by atoms with Gasteiger partial charge in [-0.2, -0.15) is 0 Å². The Labute approximate surface area is 151 Å². The standard InChI is InChI=1S/C20H19N5O/c1-14-9-10-17(26-3)20-22-18(23-25(14)20)11-12-19-21-16(13-24(19)2)15-7-5-4-6-8-15/h4-13H,1-3H3/b12-11+. The van der Waals surface area contributed by atoms with E-state index in [0.29, 0.717) is 17.2 Å². The predicted molar refractivity (Wildman–Crippen MR) is 102 cm³/mol. The third kappa shape index (κ3) is 2.86. The molecule has 3 heterocycles. The summed E-state index contributed by atoms with van der Waals surface area (Å²) in [6.45, 7) is 1.99. The number of hydrogen-bond acceptors (Lipinski definition) is 4. The molecule has 130 valence electrons. The minimum absolute atomic E-state index is 0.613. The number of methoxy groups -OCH3 is 1. The fourth-order valence-corrected chi connectivity index (χ4v) is 2.84. The molecule has 3 aromatic heterocycles. The van der Waals surface area contributed by atoms with Crippen LogP contribution in [0.1, 0.15) is 17.3 Å². The zero-order valence-corrected chi connectivity index (χ0v) is 14.9. The average Bonchev–Trinajstić information content (AvgIpc) is 3.25. The summed E-state index contributed by atoms with van der Waals surface area (Å²) in [6, 6.07) is 14.0. The van der Waals surface area contributed by atoms with Gasteiger partial charge in [0.05, 0.1) is 12.8 Å². The average molecular weight is 345 g/mol. The van der Waals surface area contributed by atoms with Crippen LogP contribution in [-0.4, -0.2) is 31.3 Å². The first-order chi connectivity index (χ1) is 12.7. The van der Waals surface area contributed by atoms with Crippen molar-refractivity contribution < 1.29 is 4.74 Å². The minimum Gasteiger partial charge on any atom is -0.493 e. The second-order valence-corrected chi connectivity index (χ2v) is 6.04. The van der Waals surface area contributed by atoms with E-state index in [-0.39, 0.29) is 0 Å². The molecule has 4 aromatic rings. The van der Waals surface area contributed by atoms with E-state index in [1.54, 1.807) is 11.6 Å². The summed E-state index contributed by atoms with van der Waals surface area (Å²) in [5, 5.41) is 4.53. The molecule has 6 heteroatoms. The van der Waals surface area contributed by atoms with E-state index >= 15 is 0 Å². The van der Waals surface area contributed by atoms with Crippen molar-refractivity contribution >= 4 is 17.8 Å². The lowest BCUT2D eigenvalue weighted by Crippen LogP contribution is -1.95. The first kappa shape index (κ1) is 16.1. The molecule has 0 aliphatic rings. The van der Waals surface area contributed by atoms with Gasteiger partial charge in [-0.25, -0.2) is 14.5 Å². The van der Waals surface area contributed by atoms with Crippen LogP contribution in [0.25, 0.3) is 29.1 Å². The van der Waals surface area contributed by atoms with Crippen LogP contribution in [0.2, 0.25) is 0 Å². The highest BCUT2D eigenvalue weighted by Gasteiger charge is 2.09. The number of fused-ring (bicyclic) bond motifs is 1. The molecule has 6 nitrogen and oxygen atoms in total. The lowest BCUT2D eigenvalue weighted by Gasteiger charge is -2.02. The summed E-state index contributed by atoms with van der Waals surface area (Å²) in [6.07, 6.45) is 5.80. The van der Waals surface area contributed by atoms with Gasteiger partial charge in [0.1, 0.15) is 5.82 Å². The van der Waals surface area contributed by atoms with Gasteiger partial charge in [0.2, 0.25) is 0 Å². The van der Waals surface area contributed by atoms with E-state index in [1.165, 1.54) is 0 Å². The zero-order valence-electron chi connectivity index (χ0n) is 14.9. The second kappa shape index (κ2) is 6.48. The van der Waals surface area contributed by atoms with Crippen molar-refractivity contribution in [3.05, 3.63) is 66.0 Å². The Morgan fingerprint density at radius 3 is 2.58 bits per heavy atom. The van der Waals surface area contributed by atoms with Gasteiger partial charge in [-0.05, 0) is 31.2 Å². The molecule has 0 aliphatic carbocycles. The molecular weight excluding hydrogens is 326 g/mol. The van der Waals surface area contributed by atoms with Gasteiger partial charge < -0.3 is 9.30 Å². The molecule has 26 heavy (non-hydrogen) atoms. The second-order valence-electron chi connectivity index (χ2n) is 6.04. The van der Waals surface area contributed by atoms with Gasteiger partial charge in [-0.3, -0.25) is 0 Å². The summed E-state index contributed by atoms with van der Waals surface area (Å²) in [5.41, 5.74) is 3.73. The van der Waals surface area contributed by atoms with Gasteiger partial charge in [-0.15, -0.1) is 5.10 Å².